The summed E-state index contributed by atoms with van der Waals surface area (Å²) in [5.74, 6) is 0.197. The molecule has 0 spiro atoms. The van der Waals surface area contributed by atoms with Gasteiger partial charge < -0.3 is 10.0 Å². The highest BCUT2D eigenvalue weighted by Crippen LogP contribution is 2.16. The Kier molecular flexibility index (Phi) is 5.32. The minimum atomic E-state index is -0.564. The average Bonchev–Trinajstić information content (AvgIpc) is 2.55. The van der Waals surface area contributed by atoms with Crippen LogP contribution in [0, 0.1) is 11.3 Å². The summed E-state index contributed by atoms with van der Waals surface area (Å²) in [7, 11) is 0. The third-order valence-electron chi connectivity index (χ3n) is 3.88. The van der Waals surface area contributed by atoms with E-state index >= 15 is 0 Å². The molecule has 5 nitrogen and oxygen atoms in total. The molecule has 1 atom stereocenters. The van der Waals surface area contributed by atoms with Crippen LogP contribution in [0.25, 0.3) is 0 Å². The number of carbonyl (C=O) groups excluding carboxylic acids is 1. The molecule has 1 aliphatic heterocycles. The molecule has 0 saturated carbocycles. The lowest BCUT2D eigenvalue weighted by Gasteiger charge is -2.35. The number of nitrogens with zero attached hydrogens (tertiary/aromatic N) is 3. The second kappa shape index (κ2) is 7.21. The van der Waals surface area contributed by atoms with Crippen molar-refractivity contribution in [1.82, 2.24) is 9.80 Å². The molecule has 1 unspecified atom stereocenters. The number of nitriles is 1. The molecule has 1 aromatic rings. The van der Waals surface area contributed by atoms with Gasteiger partial charge in [0.25, 0.3) is 0 Å². The maximum Gasteiger partial charge on any atom is 0.222 e. The van der Waals surface area contributed by atoms with Gasteiger partial charge in [-0.05, 0) is 17.7 Å². The average molecular weight is 287 g/mol. The number of aliphatic hydroxyl groups is 1. The van der Waals surface area contributed by atoms with Crippen molar-refractivity contribution in [1.29, 1.82) is 5.26 Å². The number of piperazine rings is 1. The van der Waals surface area contributed by atoms with Gasteiger partial charge in [-0.2, -0.15) is 5.26 Å². The Labute approximate surface area is 125 Å². The maximum atomic E-state index is 11.6. The molecule has 1 N–H and O–H groups in total. The molecular weight excluding hydrogens is 266 g/mol. The van der Waals surface area contributed by atoms with E-state index in [4.69, 9.17) is 5.26 Å². The van der Waals surface area contributed by atoms with Gasteiger partial charge in [-0.3, -0.25) is 9.69 Å². The van der Waals surface area contributed by atoms with Crippen LogP contribution in [0.5, 0.6) is 0 Å². The summed E-state index contributed by atoms with van der Waals surface area (Å²) >= 11 is 0. The molecule has 0 aromatic heterocycles. The van der Waals surface area contributed by atoms with Gasteiger partial charge in [0.2, 0.25) is 5.91 Å². The van der Waals surface area contributed by atoms with Crippen LogP contribution in [-0.2, 0) is 4.79 Å². The van der Waals surface area contributed by atoms with Crippen molar-refractivity contribution >= 4 is 5.91 Å². The predicted molar refractivity (Wildman–Crippen MR) is 79.4 cm³/mol. The van der Waals surface area contributed by atoms with E-state index in [9.17, 15) is 9.90 Å². The summed E-state index contributed by atoms with van der Waals surface area (Å²) in [6.45, 7) is 5.47. The third kappa shape index (κ3) is 4.03. The van der Waals surface area contributed by atoms with Crippen LogP contribution in [-0.4, -0.2) is 53.5 Å². The van der Waals surface area contributed by atoms with E-state index < -0.39 is 6.10 Å². The van der Waals surface area contributed by atoms with Crippen molar-refractivity contribution in [3.8, 4) is 6.07 Å². The normalized spacial score (nSPS) is 17.3. The zero-order valence-electron chi connectivity index (χ0n) is 12.3. The van der Waals surface area contributed by atoms with Crippen LogP contribution >= 0.6 is 0 Å². The Morgan fingerprint density at radius 1 is 1.29 bits per heavy atom. The molecule has 2 rings (SSSR count). The van der Waals surface area contributed by atoms with Crippen LogP contribution in [0.3, 0.4) is 0 Å². The molecule has 1 amide bonds. The van der Waals surface area contributed by atoms with E-state index in [0.29, 0.717) is 18.5 Å². The number of rotatable bonds is 4. The van der Waals surface area contributed by atoms with E-state index in [-0.39, 0.29) is 5.91 Å². The van der Waals surface area contributed by atoms with Gasteiger partial charge in [-0.1, -0.05) is 19.1 Å². The molecule has 5 heteroatoms. The van der Waals surface area contributed by atoms with Crippen LogP contribution in [0.1, 0.15) is 30.6 Å². The van der Waals surface area contributed by atoms with Crippen LogP contribution < -0.4 is 0 Å². The zero-order chi connectivity index (χ0) is 15.2. The number of β-amino-alcohol motifs (C(OH)–C–C–N with tert-alkyl or cyclic N) is 1. The molecule has 0 radical (unpaired) electrons. The summed E-state index contributed by atoms with van der Waals surface area (Å²) in [6.07, 6.45) is -0.0143. The molecule has 112 valence electrons. The van der Waals surface area contributed by atoms with Gasteiger partial charge in [0.15, 0.2) is 0 Å². The van der Waals surface area contributed by atoms with E-state index in [1.54, 1.807) is 24.3 Å². The van der Waals surface area contributed by atoms with Gasteiger partial charge in [0.05, 0.1) is 17.7 Å². The van der Waals surface area contributed by atoms with Crippen molar-refractivity contribution < 1.29 is 9.90 Å². The van der Waals surface area contributed by atoms with Gasteiger partial charge >= 0.3 is 0 Å². The molecular formula is C16H21N3O2. The Hall–Kier alpha value is -1.90. The first-order valence-electron chi connectivity index (χ1n) is 7.32. The first-order chi connectivity index (χ1) is 10.1. The first kappa shape index (κ1) is 15.5. The zero-order valence-corrected chi connectivity index (χ0v) is 12.3. The highest BCUT2D eigenvalue weighted by molar-refractivity contribution is 5.75. The second-order valence-corrected chi connectivity index (χ2v) is 5.28. The molecule has 1 saturated heterocycles. The maximum absolute atomic E-state index is 11.6. The summed E-state index contributed by atoms with van der Waals surface area (Å²) in [5, 5.41) is 19.0. The second-order valence-electron chi connectivity index (χ2n) is 5.28. The molecule has 0 aliphatic carbocycles. The van der Waals surface area contributed by atoms with Gasteiger partial charge in [-0.25, -0.2) is 0 Å². The molecule has 1 fully saturated rings. The Bertz CT molecular complexity index is 513. The van der Waals surface area contributed by atoms with E-state index in [0.717, 1.165) is 31.7 Å². The van der Waals surface area contributed by atoms with Gasteiger partial charge in [-0.15, -0.1) is 0 Å². The number of hydrogen-bond donors (Lipinski definition) is 1. The highest BCUT2D eigenvalue weighted by atomic mass is 16.3. The van der Waals surface area contributed by atoms with Crippen molar-refractivity contribution in [2.75, 3.05) is 32.7 Å². The standard InChI is InChI=1S/C16H21N3O2/c1-2-16(21)19-9-7-18(8-10-19)12-15(20)14-5-3-13(11-17)4-6-14/h3-6,15,20H,2,7-10,12H2,1H3. The van der Waals surface area contributed by atoms with Crippen LogP contribution in [0.4, 0.5) is 0 Å². The Balaban J connectivity index is 1.85. The highest BCUT2D eigenvalue weighted by Gasteiger charge is 2.21. The van der Waals surface area contributed by atoms with Crippen LogP contribution in [0.15, 0.2) is 24.3 Å². The lowest BCUT2D eigenvalue weighted by atomic mass is 10.1. The summed E-state index contributed by atoms with van der Waals surface area (Å²) < 4.78 is 0. The third-order valence-corrected chi connectivity index (χ3v) is 3.88. The number of aliphatic hydroxyl groups excluding tert-OH is 1. The van der Waals surface area contributed by atoms with Gasteiger partial charge in [0, 0.05) is 39.1 Å². The number of benzene rings is 1. The van der Waals surface area contributed by atoms with E-state index in [1.807, 2.05) is 11.8 Å². The number of hydrogen-bond acceptors (Lipinski definition) is 4. The van der Waals surface area contributed by atoms with Crippen LogP contribution in [0.2, 0.25) is 0 Å². The summed E-state index contributed by atoms with van der Waals surface area (Å²) in [6, 6.07) is 9.09. The lowest BCUT2D eigenvalue weighted by Crippen LogP contribution is -2.49. The van der Waals surface area contributed by atoms with E-state index in [2.05, 4.69) is 11.0 Å². The van der Waals surface area contributed by atoms with Crippen molar-refractivity contribution in [3.63, 3.8) is 0 Å². The smallest absolute Gasteiger partial charge is 0.222 e. The van der Waals surface area contributed by atoms with Crippen molar-refractivity contribution in [3.05, 3.63) is 35.4 Å². The SMILES string of the molecule is CCC(=O)N1CCN(CC(O)c2ccc(C#N)cc2)CC1. The minimum absolute atomic E-state index is 0.197. The first-order valence-corrected chi connectivity index (χ1v) is 7.32. The fourth-order valence-corrected chi connectivity index (χ4v) is 2.53. The summed E-state index contributed by atoms with van der Waals surface area (Å²) in [4.78, 5) is 15.7. The largest absolute Gasteiger partial charge is 0.387 e. The van der Waals surface area contributed by atoms with E-state index in [1.165, 1.54) is 0 Å². The Morgan fingerprint density at radius 2 is 1.90 bits per heavy atom. The predicted octanol–water partition coefficient (Wildman–Crippen LogP) is 1.15. The monoisotopic (exact) mass is 287 g/mol. The number of amides is 1. The van der Waals surface area contributed by atoms with Gasteiger partial charge in [0.1, 0.15) is 0 Å². The topological polar surface area (TPSA) is 67.6 Å². The fourth-order valence-electron chi connectivity index (χ4n) is 2.53. The molecule has 1 aromatic carbocycles. The molecule has 0 bridgehead atoms. The van der Waals surface area contributed by atoms with Crippen molar-refractivity contribution in [2.24, 2.45) is 0 Å². The lowest BCUT2D eigenvalue weighted by molar-refractivity contribution is -0.132. The molecule has 21 heavy (non-hydrogen) atoms. The quantitative estimate of drug-likeness (QED) is 0.902. The number of carbonyl (C=O) groups is 1. The van der Waals surface area contributed by atoms with Crippen molar-refractivity contribution in [2.45, 2.75) is 19.4 Å². The summed E-state index contributed by atoms with van der Waals surface area (Å²) in [5.41, 5.74) is 1.42. The fraction of sp³-hybridized carbons (Fsp3) is 0.500. The Morgan fingerprint density at radius 3 is 2.43 bits per heavy atom. The molecule has 1 aliphatic rings. The minimum Gasteiger partial charge on any atom is -0.387 e. The molecule has 1 heterocycles.